The summed E-state index contributed by atoms with van der Waals surface area (Å²) in [6.45, 7) is 7.10. The molecule has 1 atom stereocenters. The molecule has 1 amide bonds. The van der Waals surface area contributed by atoms with Crippen molar-refractivity contribution in [2.45, 2.75) is 45.8 Å². The minimum absolute atomic E-state index is 0.00505. The van der Waals surface area contributed by atoms with E-state index in [1.54, 1.807) is 20.8 Å². The predicted molar refractivity (Wildman–Crippen MR) is 70.6 cm³/mol. The van der Waals surface area contributed by atoms with Gasteiger partial charge in [-0.3, -0.25) is 4.79 Å². The molecule has 19 heavy (non-hydrogen) atoms. The molecular weight excluding hydrogens is 252 g/mol. The van der Waals surface area contributed by atoms with E-state index < -0.39 is 17.7 Å². The molecule has 0 aromatic heterocycles. The van der Waals surface area contributed by atoms with Crippen molar-refractivity contribution in [1.82, 2.24) is 5.32 Å². The lowest BCUT2D eigenvalue weighted by Gasteiger charge is -2.18. The van der Waals surface area contributed by atoms with Gasteiger partial charge in [-0.1, -0.05) is 6.92 Å². The number of rotatable bonds is 4. The summed E-state index contributed by atoms with van der Waals surface area (Å²) in [4.78, 5) is 30.9. The summed E-state index contributed by atoms with van der Waals surface area (Å²) in [7, 11) is 1.33. The quantitative estimate of drug-likeness (QED) is 0.575. The van der Waals surface area contributed by atoms with Crippen molar-refractivity contribution in [3.05, 3.63) is 0 Å². The average molecular weight is 276 g/mol. The average Bonchev–Trinajstić information content (AvgIpc) is 2.33. The maximum atomic E-state index is 10.7. The van der Waals surface area contributed by atoms with Crippen molar-refractivity contribution < 1.29 is 23.9 Å². The van der Waals surface area contributed by atoms with E-state index in [2.05, 4.69) is 10.1 Å². The van der Waals surface area contributed by atoms with Crippen LogP contribution < -0.4 is 11.1 Å². The second-order valence-electron chi connectivity index (χ2n) is 4.59. The van der Waals surface area contributed by atoms with Gasteiger partial charge in [0, 0.05) is 0 Å². The number of esters is 1. The molecule has 0 aliphatic heterocycles. The number of nitrogens with one attached hydrogen (secondary N) is 1. The van der Waals surface area contributed by atoms with Crippen LogP contribution in [0.1, 0.15) is 34.1 Å². The smallest absolute Gasteiger partial charge is 0.408 e. The summed E-state index contributed by atoms with van der Waals surface area (Å²) in [5.41, 5.74) is 4.75. The molecule has 0 saturated carbocycles. The number of amides is 1. The van der Waals surface area contributed by atoms with Gasteiger partial charge in [0.15, 0.2) is 0 Å². The van der Waals surface area contributed by atoms with Crippen LogP contribution in [0, 0.1) is 0 Å². The van der Waals surface area contributed by atoms with Crippen LogP contribution in [0.5, 0.6) is 0 Å². The van der Waals surface area contributed by atoms with Gasteiger partial charge in [0.1, 0.15) is 17.9 Å². The predicted octanol–water partition coefficient (Wildman–Crippen LogP) is 0.607. The SMILES string of the molecule is CC(C)(C)OC(=O)NCC=O.CC[C@@H](N)C(=O)OC. The van der Waals surface area contributed by atoms with Gasteiger partial charge in [0.05, 0.1) is 13.7 Å². The Bertz CT molecular complexity index is 286. The van der Waals surface area contributed by atoms with Gasteiger partial charge in [0.25, 0.3) is 0 Å². The molecule has 0 aliphatic carbocycles. The molecule has 0 aromatic carbocycles. The molecule has 0 radical (unpaired) electrons. The van der Waals surface area contributed by atoms with Crippen molar-refractivity contribution in [2.24, 2.45) is 5.73 Å². The van der Waals surface area contributed by atoms with Crippen LogP contribution in [-0.2, 0) is 19.1 Å². The van der Waals surface area contributed by atoms with E-state index in [0.717, 1.165) is 0 Å². The number of nitrogens with two attached hydrogens (primary N) is 1. The summed E-state index contributed by atoms with van der Waals surface area (Å²) >= 11 is 0. The summed E-state index contributed by atoms with van der Waals surface area (Å²) < 4.78 is 9.17. The Labute approximate surface area is 113 Å². The number of methoxy groups -OCH3 is 1. The van der Waals surface area contributed by atoms with Crippen molar-refractivity contribution in [1.29, 1.82) is 0 Å². The molecule has 0 bridgehead atoms. The first kappa shape index (κ1) is 19.7. The number of aldehydes is 1. The second-order valence-corrected chi connectivity index (χ2v) is 4.59. The first-order valence-corrected chi connectivity index (χ1v) is 5.91. The highest BCUT2D eigenvalue weighted by atomic mass is 16.6. The van der Waals surface area contributed by atoms with Crippen LogP contribution in [-0.4, -0.2) is 43.6 Å². The largest absolute Gasteiger partial charge is 0.468 e. The molecule has 0 aliphatic rings. The number of carbonyl (C=O) groups is 3. The summed E-state index contributed by atoms with van der Waals surface area (Å²) in [5.74, 6) is -0.340. The lowest BCUT2D eigenvalue weighted by molar-refractivity contribution is -0.142. The molecule has 112 valence electrons. The number of alkyl carbamates (subject to hydrolysis) is 1. The van der Waals surface area contributed by atoms with Crippen molar-refractivity contribution in [3.8, 4) is 0 Å². The molecule has 7 heteroatoms. The summed E-state index contributed by atoms with van der Waals surface area (Å²) in [5, 5.41) is 2.26. The minimum Gasteiger partial charge on any atom is -0.468 e. The van der Waals surface area contributed by atoms with Gasteiger partial charge < -0.3 is 25.3 Å². The standard InChI is InChI=1S/C7H13NO3.C5H11NO2/c1-7(2,3)11-6(10)8-4-5-9;1-3-4(6)5(7)8-2/h5H,4H2,1-3H3,(H,8,10);4H,3,6H2,1-2H3/t;4-/m.1/s1. The molecule has 0 heterocycles. The zero-order valence-corrected chi connectivity index (χ0v) is 12.2. The van der Waals surface area contributed by atoms with Crippen molar-refractivity contribution >= 4 is 18.3 Å². The van der Waals surface area contributed by atoms with E-state index in [4.69, 9.17) is 10.5 Å². The highest BCUT2D eigenvalue weighted by Gasteiger charge is 2.15. The van der Waals surface area contributed by atoms with Crippen LogP contribution in [0.4, 0.5) is 4.79 Å². The highest BCUT2D eigenvalue weighted by molar-refractivity contribution is 5.75. The summed E-state index contributed by atoms with van der Waals surface area (Å²) in [6, 6.07) is -0.444. The van der Waals surface area contributed by atoms with E-state index in [1.807, 2.05) is 6.92 Å². The molecule has 0 fully saturated rings. The lowest BCUT2D eigenvalue weighted by Crippen LogP contribution is -2.33. The first-order chi connectivity index (χ1) is 8.67. The van der Waals surface area contributed by atoms with Gasteiger partial charge in [-0.15, -0.1) is 0 Å². The maximum absolute atomic E-state index is 10.7. The van der Waals surface area contributed by atoms with Crippen LogP contribution in [0.3, 0.4) is 0 Å². The van der Waals surface area contributed by atoms with Crippen molar-refractivity contribution in [3.63, 3.8) is 0 Å². The Morgan fingerprint density at radius 1 is 1.37 bits per heavy atom. The maximum Gasteiger partial charge on any atom is 0.408 e. The molecular formula is C12H24N2O5. The van der Waals surface area contributed by atoms with E-state index in [1.165, 1.54) is 7.11 Å². The number of hydrogen-bond donors (Lipinski definition) is 2. The topological polar surface area (TPSA) is 108 Å². The molecule has 7 nitrogen and oxygen atoms in total. The van der Waals surface area contributed by atoms with E-state index >= 15 is 0 Å². The van der Waals surface area contributed by atoms with E-state index in [9.17, 15) is 14.4 Å². The van der Waals surface area contributed by atoms with Crippen LogP contribution in [0.15, 0.2) is 0 Å². The number of ether oxygens (including phenoxy) is 2. The van der Waals surface area contributed by atoms with Crippen LogP contribution in [0.25, 0.3) is 0 Å². The van der Waals surface area contributed by atoms with E-state index in [0.29, 0.717) is 12.7 Å². The zero-order chi connectivity index (χ0) is 15.5. The molecule has 0 unspecified atom stereocenters. The fourth-order valence-electron chi connectivity index (χ4n) is 0.757. The Kier molecular flexibility index (Phi) is 10.7. The Balaban J connectivity index is 0. The molecule has 0 saturated heterocycles. The summed E-state index contributed by atoms with van der Waals surface area (Å²) in [6.07, 6.45) is 0.668. The van der Waals surface area contributed by atoms with Gasteiger partial charge in [-0.05, 0) is 27.2 Å². The fraction of sp³-hybridized carbons (Fsp3) is 0.750. The van der Waals surface area contributed by atoms with Gasteiger partial charge in [0.2, 0.25) is 0 Å². The third-order valence-corrected chi connectivity index (χ3v) is 1.67. The fourth-order valence-corrected chi connectivity index (χ4v) is 0.757. The number of carbonyl (C=O) groups excluding carboxylic acids is 3. The van der Waals surface area contributed by atoms with Gasteiger partial charge in [-0.2, -0.15) is 0 Å². The number of hydrogen-bond acceptors (Lipinski definition) is 6. The minimum atomic E-state index is -0.565. The Hall–Kier alpha value is -1.63. The monoisotopic (exact) mass is 276 g/mol. The third-order valence-electron chi connectivity index (χ3n) is 1.67. The second kappa shape index (κ2) is 10.3. The Morgan fingerprint density at radius 3 is 2.16 bits per heavy atom. The van der Waals surface area contributed by atoms with Crippen molar-refractivity contribution in [2.75, 3.05) is 13.7 Å². The Morgan fingerprint density at radius 2 is 1.89 bits per heavy atom. The van der Waals surface area contributed by atoms with Gasteiger partial charge in [-0.25, -0.2) is 4.79 Å². The normalized spacial score (nSPS) is 11.5. The molecule has 0 aromatic rings. The van der Waals surface area contributed by atoms with E-state index in [-0.39, 0.29) is 12.5 Å². The zero-order valence-electron chi connectivity index (χ0n) is 12.2. The highest BCUT2D eigenvalue weighted by Crippen LogP contribution is 2.05. The first-order valence-electron chi connectivity index (χ1n) is 5.91. The van der Waals surface area contributed by atoms with Gasteiger partial charge >= 0.3 is 12.1 Å². The van der Waals surface area contributed by atoms with Crippen LogP contribution in [0.2, 0.25) is 0 Å². The molecule has 0 rings (SSSR count). The molecule has 3 N–H and O–H groups in total. The third kappa shape index (κ3) is 14.3. The van der Waals surface area contributed by atoms with Crippen LogP contribution >= 0.6 is 0 Å². The molecule has 0 spiro atoms. The lowest BCUT2D eigenvalue weighted by atomic mass is 10.2.